The topological polar surface area (TPSA) is 96.1 Å². The monoisotopic (exact) mass is 410 g/mol. The number of nitrogens with zero attached hydrogens (tertiary/aromatic N) is 3. The van der Waals surface area contributed by atoms with Crippen LogP contribution in [-0.4, -0.2) is 35.4 Å². The predicted octanol–water partition coefficient (Wildman–Crippen LogP) is 2.61. The number of aryl methyl sites for hydroxylation is 2. The smallest absolute Gasteiger partial charge is 0.270 e. The Morgan fingerprint density at radius 3 is 2.57 bits per heavy atom. The molecule has 156 valence electrons. The van der Waals surface area contributed by atoms with Crippen molar-refractivity contribution in [2.75, 3.05) is 12.1 Å². The molecule has 3 rings (SSSR count). The predicted molar refractivity (Wildman–Crippen MR) is 111 cm³/mol. The summed E-state index contributed by atoms with van der Waals surface area (Å²) in [5.74, 6) is -2.11. The first kappa shape index (κ1) is 21.2. The minimum absolute atomic E-state index is 0.104. The molecule has 8 heteroatoms. The number of primary amides is 1. The van der Waals surface area contributed by atoms with E-state index in [-0.39, 0.29) is 30.0 Å². The second kappa shape index (κ2) is 8.44. The number of hydrazone groups is 1. The molecule has 30 heavy (non-hydrogen) atoms. The molecule has 2 aromatic carbocycles. The first-order valence-corrected chi connectivity index (χ1v) is 9.48. The third kappa shape index (κ3) is 4.22. The summed E-state index contributed by atoms with van der Waals surface area (Å²) in [4.78, 5) is 38.8. The van der Waals surface area contributed by atoms with Gasteiger partial charge < -0.3 is 10.6 Å². The molecule has 0 fully saturated rings. The Hall–Kier alpha value is -3.55. The highest BCUT2D eigenvalue weighted by molar-refractivity contribution is 6.40. The molecule has 1 aliphatic rings. The van der Waals surface area contributed by atoms with Crippen LogP contribution in [0.5, 0.6) is 0 Å². The highest BCUT2D eigenvalue weighted by Gasteiger charge is 2.33. The molecule has 0 saturated heterocycles. The fourth-order valence-corrected chi connectivity index (χ4v) is 3.42. The molecule has 1 atom stereocenters. The Balaban J connectivity index is 1.95. The number of hydrogen-bond acceptors (Lipinski definition) is 4. The van der Waals surface area contributed by atoms with Crippen LogP contribution >= 0.6 is 0 Å². The van der Waals surface area contributed by atoms with E-state index in [1.54, 1.807) is 0 Å². The zero-order valence-corrected chi connectivity index (χ0v) is 17.1. The Bertz CT molecular complexity index is 1050. The number of anilines is 1. The van der Waals surface area contributed by atoms with E-state index in [9.17, 15) is 18.8 Å². The SMILES string of the molecule is Cc1ccc(C)c(N2N=C(C(=O)N(C)C(C(N)=O)c3cccc(F)c3)CCC2=O)c1. The van der Waals surface area contributed by atoms with E-state index in [0.717, 1.165) is 22.1 Å². The van der Waals surface area contributed by atoms with Crippen LogP contribution in [0.25, 0.3) is 0 Å². The van der Waals surface area contributed by atoms with Crippen LogP contribution in [0.4, 0.5) is 10.1 Å². The van der Waals surface area contributed by atoms with Gasteiger partial charge in [0.25, 0.3) is 5.91 Å². The van der Waals surface area contributed by atoms with Crippen molar-refractivity contribution < 1.29 is 18.8 Å². The standard InChI is InChI=1S/C22H23FN4O3/c1-13-7-8-14(2)18(11-13)27-19(28)10-9-17(25-27)22(30)26(3)20(21(24)29)15-5-4-6-16(23)12-15/h4-8,11-12,20H,9-10H2,1-3H3,(H2,24,29). The van der Waals surface area contributed by atoms with Crippen molar-refractivity contribution in [1.82, 2.24) is 4.90 Å². The number of halogens is 1. The molecular weight excluding hydrogens is 387 g/mol. The third-order valence-corrected chi connectivity index (χ3v) is 5.01. The minimum atomic E-state index is -1.16. The molecule has 1 unspecified atom stereocenters. The van der Waals surface area contributed by atoms with Crippen molar-refractivity contribution in [1.29, 1.82) is 0 Å². The lowest BCUT2D eigenvalue weighted by Gasteiger charge is -2.29. The lowest BCUT2D eigenvalue weighted by Crippen LogP contribution is -2.45. The summed E-state index contributed by atoms with van der Waals surface area (Å²) in [7, 11) is 1.41. The van der Waals surface area contributed by atoms with E-state index in [4.69, 9.17) is 5.73 Å². The van der Waals surface area contributed by atoms with Crippen LogP contribution < -0.4 is 10.7 Å². The van der Waals surface area contributed by atoms with Crippen molar-refractivity contribution in [3.8, 4) is 0 Å². The summed E-state index contributed by atoms with van der Waals surface area (Å²) in [6, 6.07) is 9.83. The number of amides is 3. The van der Waals surface area contributed by atoms with Gasteiger partial charge in [0, 0.05) is 19.9 Å². The summed E-state index contributed by atoms with van der Waals surface area (Å²) in [5.41, 5.74) is 8.29. The van der Waals surface area contributed by atoms with Gasteiger partial charge in [0.15, 0.2) is 0 Å². The molecule has 0 aromatic heterocycles. The maximum Gasteiger partial charge on any atom is 0.270 e. The fraction of sp³-hybridized carbons (Fsp3) is 0.273. The van der Waals surface area contributed by atoms with Gasteiger partial charge in [-0.1, -0.05) is 24.3 Å². The molecule has 0 aliphatic carbocycles. The van der Waals surface area contributed by atoms with Gasteiger partial charge in [0.1, 0.15) is 17.6 Å². The van der Waals surface area contributed by atoms with E-state index in [1.165, 1.54) is 30.3 Å². The number of nitrogens with two attached hydrogens (primary N) is 1. The normalized spacial score (nSPS) is 14.9. The molecule has 0 spiro atoms. The summed E-state index contributed by atoms with van der Waals surface area (Å²) in [6.45, 7) is 3.75. The summed E-state index contributed by atoms with van der Waals surface area (Å²) >= 11 is 0. The van der Waals surface area contributed by atoms with Gasteiger partial charge in [-0.05, 0) is 48.7 Å². The molecule has 0 bridgehead atoms. The van der Waals surface area contributed by atoms with Crippen LogP contribution in [0.1, 0.15) is 35.6 Å². The van der Waals surface area contributed by atoms with E-state index in [0.29, 0.717) is 5.69 Å². The Kier molecular flexibility index (Phi) is 5.96. The van der Waals surface area contributed by atoms with Crippen molar-refractivity contribution in [2.45, 2.75) is 32.7 Å². The van der Waals surface area contributed by atoms with Crippen LogP contribution in [0.15, 0.2) is 47.6 Å². The zero-order valence-electron chi connectivity index (χ0n) is 17.1. The number of carbonyl (C=O) groups excluding carboxylic acids is 3. The number of hydrogen-bond donors (Lipinski definition) is 1. The molecule has 1 aliphatic heterocycles. The highest BCUT2D eigenvalue weighted by Crippen LogP contribution is 2.27. The van der Waals surface area contributed by atoms with Crippen molar-refractivity contribution in [3.05, 3.63) is 65.0 Å². The largest absolute Gasteiger partial charge is 0.368 e. The van der Waals surface area contributed by atoms with Gasteiger partial charge in [-0.25, -0.2) is 9.40 Å². The summed E-state index contributed by atoms with van der Waals surface area (Å²) < 4.78 is 13.6. The van der Waals surface area contributed by atoms with Gasteiger partial charge in [-0.2, -0.15) is 5.10 Å². The lowest BCUT2D eigenvalue weighted by atomic mass is 10.0. The lowest BCUT2D eigenvalue weighted by molar-refractivity contribution is -0.133. The van der Waals surface area contributed by atoms with Gasteiger partial charge in [0.05, 0.1) is 5.69 Å². The quantitative estimate of drug-likeness (QED) is 0.821. The molecular formula is C22H23FN4O3. The second-order valence-electron chi connectivity index (χ2n) is 7.32. The number of rotatable bonds is 5. The van der Waals surface area contributed by atoms with E-state index >= 15 is 0 Å². The first-order valence-electron chi connectivity index (χ1n) is 9.48. The van der Waals surface area contributed by atoms with Crippen LogP contribution in [0.3, 0.4) is 0 Å². The number of likely N-dealkylation sites (N-methyl/N-ethyl adjacent to an activating group) is 1. The molecule has 7 nitrogen and oxygen atoms in total. The number of carbonyl (C=O) groups is 3. The molecule has 0 saturated carbocycles. The van der Waals surface area contributed by atoms with Crippen LogP contribution in [-0.2, 0) is 14.4 Å². The molecule has 3 amide bonds. The average Bonchev–Trinajstić information content (AvgIpc) is 2.69. The minimum Gasteiger partial charge on any atom is -0.368 e. The van der Waals surface area contributed by atoms with E-state index in [2.05, 4.69) is 5.10 Å². The van der Waals surface area contributed by atoms with Crippen molar-refractivity contribution in [2.24, 2.45) is 10.8 Å². The van der Waals surface area contributed by atoms with Crippen LogP contribution in [0, 0.1) is 19.7 Å². The zero-order chi connectivity index (χ0) is 22.0. The average molecular weight is 410 g/mol. The van der Waals surface area contributed by atoms with E-state index < -0.39 is 23.7 Å². The Morgan fingerprint density at radius 1 is 1.17 bits per heavy atom. The third-order valence-electron chi connectivity index (χ3n) is 5.01. The molecule has 0 radical (unpaired) electrons. The van der Waals surface area contributed by atoms with Crippen molar-refractivity contribution in [3.63, 3.8) is 0 Å². The number of benzene rings is 2. The molecule has 1 heterocycles. The first-order chi connectivity index (χ1) is 14.2. The van der Waals surface area contributed by atoms with E-state index in [1.807, 2.05) is 32.0 Å². The molecule has 2 N–H and O–H groups in total. The van der Waals surface area contributed by atoms with Gasteiger partial charge in [0.2, 0.25) is 11.8 Å². The van der Waals surface area contributed by atoms with Gasteiger partial charge in [-0.15, -0.1) is 0 Å². The highest BCUT2D eigenvalue weighted by atomic mass is 19.1. The maximum absolute atomic E-state index is 13.6. The van der Waals surface area contributed by atoms with Crippen LogP contribution in [0.2, 0.25) is 0 Å². The molecule has 2 aromatic rings. The summed E-state index contributed by atoms with van der Waals surface area (Å²) in [6.07, 6.45) is 0.241. The van der Waals surface area contributed by atoms with Gasteiger partial charge in [-0.3, -0.25) is 14.4 Å². The second-order valence-corrected chi connectivity index (χ2v) is 7.32. The summed E-state index contributed by atoms with van der Waals surface area (Å²) in [5, 5.41) is 5.52. The fourth-order valence-electron chi connectivity index (χ4n) is 3.42. The maximum atomic E-state index is 13.6. The Morgan fingerprint density at radius 2 is 1.90 bits per heavy atom. The Labute approximate surface area is 174 Å². The van der Waals surface area contributed by atoms with Crippen molar-refractivity contribution >= 4 is 29.1 Å². The van der Waals surface area contributed by atoms with Gasteiger partial charge >= 0.3 is 0 Å².